The Morgan fingerprint density at radius 3 is 2.56 bits per heavy atom. The molecule has 1 saturated carbocycles. The fourth-order valence-corrected chi connectivity index (χ4v) is 4.16. The highest BCUT2D eigenvalue weighted by Gasteiger charge is 2.34. The van der Waals surface area contributed by atoms with Crippen molar-refractivity contribution in [3.63, 3.8) is 0 Å². The number of nitrogens with one attached hydrogen (secondary N) is 2. The molecule has 1 saturated heterocycles. The summed E-state index contributed by atoms with van der Waals surface area (Å²) >= 11 is 0. The molecule has 4 heteroatoms. The molecule has 3 unspecified atom stereocenters. The second-order valence-corrected chi connectivity index (χ2v) is 8.49. The minimum Gasteiger partial charge on any atom is -0.379 e. The van der Waals surface area contributed by atoms with Crippen LogP contribution < -0.4 is 10.6 Å². The Morgan fingerprint density at radius 2 is 1.92 bits per heavy atom. The summed E-state index contributed by atoms with van der Waals surface area (Å²) in [6.45, 7) is 10.6. The van der Waals surface area contributed by atoms with Crippen molar-refractivity contribution in [2.75, 3.05) is 26.3 Å². The van der Waals surface area contributed by atoms with E-state index >= 15 is 0 Å². The molecule has 2 N–H and O–H groups in total. The van der Waals surface area contributed by atoms with Crippen molar-refractivity contribution in [1.82, 2.24) is 10.6 Å². The van der Waals surface area contributed by atoms with E-state index in [1.807, 2.05) is 0 Å². The predicted octanol–water partition coefficient (Wildman–Crippen LogP) is 3.70. The van der Waals surface area contributed by atoms with Crippen molar-refractivity contribution < 1.29 is 4.74 Å². The molecule has 0 radical (unpaired) electrons. The van der Waals surface area contributed by atoms with Crippen LogP contribution in [0, 0.1) is 5.92 Å². The third-order valence-electron chi connectivity index (χ3n) is 5.68. The second kappa shape index (κ2) is 9.36. The van der Waals surface area contributed by atoms with E-state index in [4.69, 9.17) is 4.74 Å². The fraction of sp³-hybridized carbons (Fsp3) is 0.714. The van der Waals surface area contributed by atoms with Crippen LogP contribution in [0.3, 0.4) is 0 Å². The zero-order valence-corrected chi connectivity index (χ0v) is 16.8. The molecule has 0 spiro atoms. The molecule has 1 aromatic carbocycles. The van der Waals surface area contributed by atoms with Crippen molar-refractivity contribution in [3.05, 3.63) is 35.4 Å². The standard InChI is InChI=1S/C21H34N2O.ClH/c1-21(2,3)17-9-7-16(8-10-17)11-12-22-19-6-4-5-18(19)20-15-24-14-13-23-20;/h7-10,18-20,22-23H,4-6,11-15H2,1-3H3;1H. The van der Waals surface area contributed by atoms with Crippen LogP contribution in [0.5, 0.6) is 0 Å². The van der Waals surface area contributed by atoms with Crippen LogP contribution >= 0.6 is 12.4 Å². The van der Waals surface area contributed by atoms with Gasteiger partial charge in [0.25, 0.3) is 0 Å². The van der Waals surface area contributed by atoms with Gasteiger partial charge in [0.15, 0.2) is 0 Å². The predicted molar refractivity (Wildman–Crippen MR) is 108 cm³/mol. The molecule has 0 aromatic heterocycles. The van der Waals surface area contributed by atoms with Gasteiger partial charge in [0.2, 0.25) is 0 Å². The van der Waals surface area contributed by atoms with E-state index in [0.29, 0.717) is 12.1 Å². The van der Waals surface area contributed by atoms with Crippen LogP contribution in [-0.2, 0) is 16.6 Å². The summed E-state index contributed by atoms with van der Waals surface area (Å²) in [5.74, 6) is 0.730. The Balaban J connectivity index is 0.00000225. The number of ether oxygens (including phenoxy) is 1. The first kappa shape index (κ1) is 20.7. The van der Waals surface area contributed by atoms with Gasteiger partial charge in [0.1, 0.15) is 0 Å². The molecule has 2 fully saturated rings. The molecular weight excluding hydrogens is 332 g/mol. The molecule has 0 amide bonds. The van der Waals surface area contributed by atoms with Crippen LogP contribution in [0.2, 0.25) is 0 Å². The highest BCUT2D eigenvalue weighted by atomic mass is 35.5. The zero-order valence-electron chi connectivity index (χ0n) is 16.0. The quantitative estimate of drug-likeness (QED) is 0.833. The van der Waals surface area contributed by atoms with Crippen LogP contribution in [0.4, 0.5) is 0 Å². The molecule has 3 atom stereocenters. The van der Waals surface area contributed by atoms with E-state index in [1.54, 1.807) is 0 Å². The van der Waals surface area contributed by atoms with Gasteiger partial charge in [-0.1, -0.05) is 51.5 Å². The molecule has 25 heavy (non-hydrogen) atoms. The smallest absolute Gasteiger partial charge is 0.0623 e. The van der Waals surface area contributed by atoms with Crippen molar-refractivity contribution in [2.24, 2.45) is 5.92 Å². The molecule has 3 nitrogen and oxygen atoms in total. The van der Waals surface area contributed by atoms with E-state index in [1.165, 1.54) is 30.4 Å². The number of hydrogen-bond acceptors (Lipinski definition) is 3. The lowest BCUT2D eigenvalue weighted by Gasteiger charge is -2.33. The minimum atomic E-state index is 0. The molecule has 1 heterocycles. The van der Waals surface area contributed by atoms with Crippen LogP contribution in [0.15, 0.2) is 24.3 Å². The summed E-state index contributed by atoms with van der Waals surface area (Å²) in [5.41, 5.74) is 3.09. The number of halogens is 1. The maximum absolute atomic E-state index is 5.66. The zero-order chi connectivity index (χ0) is 17.0. The van der Waals surface area contributed by atoms with E-state index < -0.39 is 0 Å². The van der Waals surface area contributed by atoms with Gasteiger partial charge in [0, 0.05) is 18.6 Å². The van der Waals surface area contributed by atoms with Crippen LogP contribution in [0.25, 0.3) is 0 Å². The van der Waals surface area contributed by atoms with E-state index in [-0.39, 0.29) is 17.8 Å². The fourth-order valence-electron chi connectivity index (χ4n) is 4.16. The number of benzene rings is 1. The van der Waals surface area contributed by atoms with Gasteiger partial charge in [-0.25, -0.2) is 0 Å². The average molecular weight is 367 g/mol. The molecule has 142 valence electrons. The summed E-state index contributed by atoms with van der Waals surface area (Å²) in [6, 6.07) is 10.4. The highest BCUT2D eigenvalue weighted by molar-refractivity contribution is 5.85. The topological polar surface area (TPSA) is 33.3 Å². The van der Waals surface area contributed by atoms with Crippen molar-refractivity contribution in [3.8, 4) is 0 Å². The summed E-state index contributed by atoms with van der Waals surface area (Å²) in [5, 5.41) is 7.48. The Labute approximate surface area is 159 Å². The third-order valence-corrected chi connectivity index (χ3v) is 5.68. The van der Waals surface area contributed by atoms with Crippen molar-refractivity contribution >= 4 is 12.4 Å². The van der Waals surface area contributed by atoms with Crippen molar-refractivity contribution in [1.29, 1.82) is 0 Å². The summed E-state index contributed by atoms with van der Waals surface area (Å²) in [7, 11) is 0. The van der Waals surface area contributed by atoms with Crippen LogP contribution in [-0.4, -0.2) is 38.4 Å². The monoisotopic (exact) mass is 366 g/mol. The molecule has 1 aromatic rings. The number of hydrogen-bond donors (Lipinski definition) is 2. The number of rotatable bonds is 5. The maximum Gasteiger partial charge on any atom is 0.0623 e. The lowest BCUT2D eigenvalue weighted by Crippen LogP contribution is -2.51. The van der Waals surface area contributed by atoms with Crippen molar-refractivity contribution in [2.45, 2.75) is 64.0 Å². The molecule has 1 aliphatic carbocycles. The van der Waals surface area contributed by atoms with Gasteiger partial charge in [-0.3, -0.25) is 0 Å². The van der Waals surface area contributed by atoms with Gasteiger partial charge in [0.05, 0.1) is 13.2 Å². The van der Waals surface area contributed by atoms with Gasteiger partial charge in [-0.05, 0) is 48.3 Å². The summed E-state index contributed by atoms with van der Waals surface area (Å²) < 4.78 is 5.66. The first-order chi connectivity index (χ1) is 11.5. The summed E-state index contributed by atoms with van der Waals surface area (Å²) in [4.78, 5) is 0. The van der Waals surface area contributed by atoms with E-state index in [0.717, 1.165) is 38.6 Å². The van der Waals surface area contributed by atoms with Gasteiger partial charge >= 0.3 is 0 Å². The van der Waals surface area contributed by atoms with E-state index in [2.05, 4.69) is 55.7 Å². The molecule has 0 bridgehead atoms. The normalized spacial score (nSPS) is 27.1. The van der Waals surface area contributed by atoms with Gasteiger partial charge < -0.3 is 15.4 Å². The van der Waals surface area contributed by atoms with Gasteiger partial charge in [-0.15, -0.1) is 12.4 Å². The Bertz CT molecular complexity index is 506. The first-order valence-corrected chi connectivity index (χ1v) is 9.68. The Morgan fingerprint density at radius 1 is 1.16 bits per heavy atom. The number of morpholine rings is 1. The average Bonchev–Trinajstić information content (AvgIpc) is 3.04. The SMILES string of the molecule is CC(C)(C)c1ccc(CCNC2CCCC2C2COCCN2)cc1.Cl. The molecule has 3 rings (SSSR count). The minimum absolute atomic E-state index is 0. The Hall–Kier alpha value is -0.610. The molecule has 1 aliphatic heterocycles. The van der Waals surface area contributed by atoms with Crippen LogP contribution in [0.1, 0.15) is 51.2 Å². The first-order valence-electron chi connectivity index (χ1n) is 9.68. The lowest BCUT2D eigenvalue weighted by molar-refractivity contribution is 0.0526. The summed E-state index contributed by atoms with van der Waals surface area (Å²) in [6.07, 6.45) is 5.10. The Kier molecular flexibility index (Phi) is 7.75. The largest absolute Gasteiger partial charge is 0.379 e. The van der Waals surface area contributed by atoms with E-state index in [9.17, 15) is 0 Å². The van der Waals surface area contributed by atoms with Gasteiger partial charge in [-0.2, -0.15) is 0 Å². The maximum atomic E-state index is 5.66. The third kappa shape index (κ3) is 5.68. The molecule has 2 aliphatic rings. The molecular formula is C21H35ClN2O. The highest BCUT2D eigenvalue weighted by Crippen LogP contribution is 2.29. The second-order valence-electron chi connectivity index (χ2n) is 8.49. The lowest BCUT2D eigenvalue weighted by atomic mass is 9.86.